The maximum Gasteiger partial charge on any atom is 0.327 e. The fraction of sp³-hybridized carbons (Fsp3) is 0.500. The Morgan fingerprint density at radius 1 is 1.77 bits per heavy atom. The molecule has 0 fully saturated rings. The third-order valence-corrected chi connectivity index (χ3v) is 2.81. The molecule has 5 heteroatoms. The van der Waals surface area contributed by atoms with E-state index in [4.69, 9.17) is 5.11 Å². The van der Waals surface area contributed by atoms with Crippen LogP contribution in [0.25, 0.3) is 0 Å². The van der Waals surface area contributed by atoms with Gasteiger partial charge in [0.25, 0.3) is 0 Å². The first-order valence-electron chi connectivity index (χ1n) is 3.91. The van der Waals surface area contributed by atoms with Crippen molar-refractivity contribution in [2.75, 3.05) is 5.75 Å². The van der Waals surface area contributed by atoms with Gasteiger partial charge in [-0.05, 0) is 11.8 Å². The molecule has 1 atom stereocenters. The van der Waals surface area contributed by atoms with Gasteiger partial charge in [0.2, 0.25) is 5.91 Å². The van der Waals surface area contributed by atoms with Crippen molar-refractivity contribution in [2.24, 2.45) is 0 Å². The van der Waals surface area contributed by atoms with Crippen LogP contribution < -0.4 is 5.32 Å². The predicted molar refractivity (Wildman–Crippen MR) is 50.4 cm³/mol. The SMILES string of the molecule is C/C1=C/CC(=O)N[C@H](C(=O)O)CS1. The summed E-state index contributed by atoms with van der Waals surface area (Å²) in [5.74, 6) is -0.814. The number of nitrogens with one attached hydrogen (secondary N) is 1. The molecule has 13 heavy (non-hydrogen) atoms. The van der Waals surface area contributed by atoms with E-state index < -0.39 is 12.0 Å². The van der Waals surface area contributed by atoms with Gasteiger partial charge in [-0.25, -0.2) is 4.79 Å². The van der Waals surface area contributed by atoms with E-state index in [0.29, 0.717) is 5.75 Å². The maximum atomic E-state index is 11.1. The molecule has 1 aliphatic rings. The summed E-state index contributed by atoms with van der Waals surface area (Å²) in [6.45, 7) is 1.88. The molecule has 0 aliphatic carbocycles. The van der Waals surface area contributed by atoms with Crippen LogP contribution in [0.4, 0.5) is 0 Å². The quantitative estimate of drug-likeness (QED) is 0.652. The molecular weight excluding hydrogens is 190 g/mol. The average molecular weight is 201 g/mol. The van der Waals surface area contributed by atoms with Gasteiger partial charge >= 0.3 is 5.97 Å². The Hall–Kier alpha value is -0.970. The molecule has 72 valence electrons. The Morgan fingerprint density at radius 3 is 3.08 bits per heavy atom. The Kier molecular flexibility index (Phi) is 3.36. The van der Waals surface area contributed by atoms with Crippen molar-refractivity contribution in [2.45, 2.75) is 19.4 Å². The molecular formula is C8H11NO3S. The minimum atomic E-state index is -0.976. The van der Waals surface area contributed by atoms with Crippen molar-refractivity contribution in [1.82, 2.24) is 5.32 Å². The molecule has 2 N–H and O–H groups in total. The average Bonchev–Trinajstić information content (AvgIpc) is 2.05. The van der Waals surface area contributed by atoms with E-state index >= 15 is 0 Å². The van der Waals surface area contributed by atoms with Gasteiger partial charge in [-0.3, -0.25) is 4.79 Å². The van der Waals surface area contributed by atoms with Gasteiger partial charge in [0.05, 0.1) is 0 Å². The molecule has 0 bridgehead atoms. The molecule has 0 unspecified atom stereocenters. The van der Waals surface area contributed by atoms with Crippen molar-refractivity contribution in [3.8, 4) is 0 Å². The number of rotatable bonds is 1. The van der Waals surface area contributed by atoms with Gasteiger partial charge in [0.1, 0.15) is 6.04 Å². The van der Waals surface area contributed by atoms with Crippen molar-refractivity contribution >= 4 is 23.6 Å². The molecule has 0 saturated carbocycles. The zero-order valence-corrected chi connectivity index (χ0v) is 8.06. The molecule has 0 aromatic carbocycles. The normalized spacial score (nSPS) is 27.9. The molecule has 0 saturated heterocycles. The second-order valence-corrected chi connectivity index (χ2v) is 4.05. The number of amides is 1. The Bertz CT molecular complexity index is 262. The van der Waals surface area contributed by atoms with E-state index in [2.05, 4.69) is 5.32 Å². The summed E-state index contributed by atoms with van der Waals surface area (Å²) < 4.78 is 0. The minimum Gasteiger partial charge on any atom is -0.480 e. The van der Waals surface area contributed by atoms with Crippen LogP contribution in [0.15, 0.2) is 11.0 Å². The summed E-state index contributed by atoms with van der Waals surface area (Å²) in [6, 6.07) is -0.763. The Labute approximate surface area is 80.4 Å². The number of carbonyl (C=O) groups is 2. The fourth-order valence-corrected chi connectivity index (χ4v) is 1.79. The highest BCUT2D eigenvalue weighted by molar-refractivity contribution is 8.03. The molecule has 0 aromatic rings. The van der Waals surface area contributed by atoms with Crippen molar-refractivity contribution in [1.29, 1.82) is 0 Å². The van der Waals surface area contributed by atoms with Crippen molar-refractivity contribution < 1.29 is 14.7 Å². The first-order valence-corrected chi connectivity index (χ1v) is 4.90. The highest BCUT2D eigenvalue weighted by Gasteiger charge is 2.20. The van der Waals surface area contributed by atoms with Crippen LogP contribution >= 0.6 is 11.8 Å². The first-order chi connectivity index (χ1) is 6.09. The number of thioether (sulfide) groups is 1. The van der Waals surface area contributed by atoms with Crippen LogP contribution in [0.5, 0.6) is 0 Å². The largest absolute Gasteiger partial charge is 0.480 e. The highest BCUT2D eigenvalue weighted by Crippen LogP contribution is 2.18. The first kappa shape index (κ1) is 10.1. The van der Waals surface area contributed by atoms with E-state index in [0.717, 1.165) is 4.91 Å². The van der Waals surface area contributed by atoms with E-state index in [1.165, 1.54) is 11.8 Å². The second-order valence-electron chi connectivity index (χ2n) is 2.79. The van der Waals surface area contributed by atoms with Crippen LogP contribution in [-0.2, 0) is 9.59 Å². The molecule has 0 radical (unpaired) electrons. The summed E-state index contributed by atoms with van der Waals surface area (Å²) in [5, 5.41) is 11.1. The fourth-order valence-electron chi connectivity index (χ4n) is 0.938. The number of allylic oxidation sites excluding steroid dienone is 1. The lowest BCUT2D eigenvalue weighted by Gasteiger charge is -2.16. The Morgan fingerprint density at radius 2 is 2.46 bits per heavy atom. The maximum absolute atomic E-state index is 11.1. The van der Waals surface area contributed by atoms with Gasteiger partial charge in [0.15, 0.2) is 0 Å². The molecule has 1 rings (SSSR count). The standard InChI is InChI=1S/C8H11NO3S/c1-5-2-3-7(10)9-6(4-13-5)8(11)12/h2,6H,3-4H2,1H3,(H,9,10)(H,11,12)/b5-2-/t6-/m0/s1. The van der Waals surface area contributed by atoms with Crippen LogP contribution in [-0.4, -0.2) is 28.8 Å². The van der Waals surface area contributed by atoms with Gasteiger partial charge < -0.3 is 10.4 Å². The molecule has 1 heterocycles. The Balaban J connectivity index is 2.68. The number of carbonyl (C=O) groups excluding carboxylic acids is 1. The summed E-state index contributed by atoms with van der Waals surface area (Å²) in [5.41, 5.74) is 0. The van der Waals surface area contributed by atoms with Gasteiger partial charge in [-0.2, -0.15) is 0 Å². The second kappa shape index (κ2) is 4.32. The lowest BCUT2D eigenvalue weighted by molar-refractivity contribution is -0.141. The number of carboxylic acids is 1. The van der Waals surface area contributed by atoms with Crippen LogP contribution in [0.1, 0.15) is 13.3 Å². The van der Waals surface area contributed by atoms with E-state index in [9.17, 15) is 9.59 Å². The zero-order valence-electron chi connectivity index (χ0n) is 7.24. The zero-order chi connectivity index (χ0) is 9.84. The van der Waals surface area contributed by atoms with Crippen LogP contribution in [0, 0.1) is 0 Å². The number of carboxylic acid groups (broad SMARTS) is 1. The minimum absolute atomic E-state index is 0.230. The lowest BCUT2D eigenvalue weighted by Crippen LogP contribution is -2.42. The summed E-state index contributed by atoms with van der Waals surface area (Å²) in [4.78, 5) is 22.7. The van der Waals surface area contributed by atoms with Gasteiger partial charge in [0, 0.05) is 12.2 Å². The summed E-state index contributed by atoms with van der Waals surface area (Å²) >= 11 is 1.46. The molecule has 1 amide bonds. The van der Waals surface area contributed by atoms with E-state index in [-0.39, 0.29) is 12.3 Å². The third kappa shape index (κ3) is 3.10. The number of hydrogen-bond acceptors (Lipinski definition) is 3. The van der Waals surface area contributed by atoms with Crippen LogP contribution in [0.3, 0.4) is 0 Å². The highest BCUT2D eigenvalue weighted by atomic mass is 32.2. The smallest absolute Gasteiger partial charge is 0.327 e. The third-order valence-electron chi connectivity index (χ3n) is 1.69. The van der Waals surface area contributed by atoms with Gasteiger partial charge in [-0.1, -0.05) is 6.08 Å². The van der Waals surface area contributed by atoms with Crippen molar-refractivity contribution in [3.63, 3.8) is 0 Å². The predicted octanol–water partition coefficient (Wildman–Crippen LogP) is 0.597. The molecule has 4 nitrogen and oxygen atoms in total. The molecule has 1 aliphatic heterocycles. The summed E-state index contributed by atoms with van der Waals surface area (Å²) in [6.07, 6.45) is 2.07. The topological polar surface area (TPSA) is 66.4 Å². The van der Waals surface area contributed by atoms with Gasteiger partial charge in [-0.15, -0.1) is 11.8 Å². The van der Waals surface area contributed by atoms with E-state index in [1.807, 2.05) is 6.92 Å². The summed E-state index contributed by atoms with van der Waals surface area (Å²) in [7, 11) is 0. The lowest BCUT2D eigenvalue weighted by atomic mass is 10.3. The molecule has 0 aromatic heterocycles. The van der Waals surface area contributed by atoms with Crippen LogP contribution in [0.2, 0.25) is 0 Å². The van der Waals surface area contributed by atoms with E-state index in [1.54, 1.807) is 6.08 Å². The van der Waals surface area contributed by atoms with Crippen molar-refractivity contribution in [3.05, 3.63) is 11.0 Å². The monoisotopic (exact) mass is 201 g/mol. The number of aliphatic carboxylic acids is 1. The molecule has 0 spiro atoms. The number of hydrogen-bond donors (Lipinski definition) is 2.